The zero-order valence-electron chi connectivity index (χ0n) is 11.3. The van der Waals surface area contributed by atoms with Crippen LogP contribution in [-0.4, -0.2) is 16.7 Å². The van der Waals surface area contributed by atoms with Gasteiger partial charge in [0.15, 0.2) is 4.77 Å². The van der Waals surface area contributed by atoms with Gasteiger partial charge < -0.3 is 14.3 Å². The summed E-state index contributed by atoms with van der Waals surface area (Å²) in [6, 6.07) is 6.10. The molecule has 1 N–H and O–H groups in total. The second-order valence-corrected chi connectivity index (χ2v) is 5.76. The zero-order valence-corrected chi connectivity index (χ0v) is 12.1. The van der Waals surface area contributed by atoms with E-state index in [0.717, 1.165) is 34.0 Å². The quantitative estimate of drug-likeness (QED) is 0.844. The summed E-state index contributed by atoms with van der Waals surface area (Å²) in [5, 5.41) is 0. The third-order valence-electron chi connectivity index (χ3n) is 4.23. The first kappa shape index (κ1) is 12.7. The summed E-state index contributed by atoms with van der Waals surface area (Å²) in [6.45, 7) is 1.01. The van der Waals surface area contributed by atoms with E-state index in [1.54, 1.807) is 7.11 Å². The zero-order chi connectivity index (χ0) is 13.2. The lowest BCUT2D eigenvalue weighted by Crippen LogP contribution is -2.03. The molecule has 1 fully saturated rings. The standard InChI is InChI=1S/C15H20N2OS/c1-18-13-8-4-7-12-14(13)16-15(19)17(12)10-9-11-5-2-3-6-11/h4,7-8,11H,2-3,5-6,9-10H2,1H3,(H,16,19). The highest BCUT2D eigenvalue weighted by Gasteiger charge is 2.16. The van der Waals surface area contributed by atoms with E-state index >= 15 is 0 Å². The molecular weight excluding hydrogens is 256 g/mol. The third-order valence-corrected chi connectivity index (χ3v) is 4.55. The molecule has 0 spiro atoms. The van der Waals surface area contributed by atoms with Gasteiger partial charge in [-0.1, -0.05) is 31.7 Å². The minimum absolute atomic E-state index is 0.803. The lowest BCUT2D eigenvalue weighted by molar-refractivity contribution is 0.419. The molecule has 0 aliphatic heterocycles. The van der Waals surface area contributed by atoms with Gasteiger partial charge in [-0.3, -0.25) is 0 Å². The van der Waals surface area contributed by atoms with Crippen LogP contribution in [0.1, 0.15) is 32.1 Å². The van der Waals surface area contributed by atoms with Crippen molar-refractivity contribution in [2.75, 3.05) is 7.11 Å². The number of methoxy groups -OCH3 is 1. The first-order valence-electron chi connectivity index (χ1n) is 7.05. The third kappa shape index (κ3) is 2.41. The van der Waals surface area contributed by atoms with E-state index in [-0.39, 0.29) is 0 Å². The highest BCUT2D eigenvalue weighted by Crippen LogP contribution is 2.29. The minimum atomic E-state index is 0.803. The molecule has 0 amide bonds. The first-order chi connectivity index (χ1) is 9.29. The molecule has 1 aliphatic rings. The Morgan fingerprint density at radius 3 is 2.89 bits per heavy atom. The van der Waals surface area contributed by atoms with Gasteiger partial charge in [-0.2, -0.15) is 0 Å². The van der Waals surface area contributed by atoms with Crippen molar-refractivity contribution < 1.29 is 4.74 Å². The van der Waals surface area contributed by atoms with Gasteiger partial charge in [0.2, 0.25) is 0 Å². The fraction of sp³-hybridized carbons (Fsp3) is 0.533. The van der Waals surface area contributed by atoms with Crippen LogP contribution in [0.4, 0.5) is 0 Å². The van der Waals surface area contributed by atoms with Crippen molar-refractivity contribution in [3.05, 3.63) is 23.0 Å². The molecule has 102 valence electrons. The molecule has 1 saturated carbocycles. The van der Waals surface area contributed by atoms with Crippen LogP contribution in [0.15, 0.2) is 18.2 Å². The monoisotopic (exact) mass is 276 g/mol. The first-order valence-corrected chi connectivity index (χ1v) is 7.46. The molecule has 2 aromatic rings. The van der Waals surface area contributed by atoms with Crippen molar-refractivity contribution in [2.24, 2.45) is 5.92 Å². The predicted molar refractivity (Wildman–Crippen MR) is 80.2 cm³/mol. The predicted octanol–water partition coefficient (Wildman–Crippen LogP) is 4.29. The van der Waals surface area contributed by atoms with Gasteiger partial charge in [0.05, 0.1) is 12.6 Å². The summed E-state index contributed by atoms with van der Waals surface area (Å²) in [4.78, 5) is 3.27. The van der Waals surface area contributed by atoms with E-state index in [1.165, 1.54) is 32.1 Å². The highest BCUT2D eigenvalue weighted by atomic mass is 32.1. The van der Waals surface area contributed by atoms with Gasteiger partial charge in [-0.15, -0.1) is 0 Å². The summed E-state index contributed by atoms with van der Waals surface area (Å²) in [5.41, 5.74) is 2.17. The Hall–Kier alpha value is -1.29. The lowest BCUT2D eigenvalue weighted by Gasteiger charge is -2.10. The van der Waals surface area contributed by atoms with Crippen molar-refractivity contribution in [3.8, 4) is 5.75 Å². The molecule has 1 aliphatic carbocycles. The molecule has 0 radical (unpaired) electrons. The second-order valence-electron chi connectivity index (χ2n) is 5.38. The maximum absolute atomic E-state index is 5.45. The molecule has 0 saturated heterocycles. The van der Waals surface area contributed by atoms with Crippen molar-refractivity contribution in [2.45, 2.75) is 38.6 Å². The molecule has 3 nitrogen and oxygen atoms in total. The Morgan fingerprint density at radius 1 is 1.37 bits per heavy atom. The molecule has 0 unspecified atom stereocenters. The fourth-order valence-corrected chi connectivity index (χ4v) is 3.45. The van der Waals surface area contributed by atoms with E-state index in [2.05, 4.69) is 15.6 Å². The van der Waals surface area contributed by atoms with Crippen LogP contribution in [0.3, 0.4) is 0 Å². The van der Waals surface area contributed by atoms with Crippen molar-refractivity contribution in [1.29, 1.82) is 0 Å². The molecule has 1 aromatic carbocycles. The van der Waals surface area contributed by atoms with Crippen LogP contribution in [0.5, 0.6) is 5.75 Å². The van der Waals surface area contributed by atoms with Crippen LogP contribution >= 0.6 is 12.2 Å². The number of aryl methyl sites for hydroxylation is 1. The number of benzene rings is 1. The lowest BCUT2D eigenvalue weighted by atomic mass is 10.0. The number of hydrogen-bond acceptors (Lipinski definition) is 2. The number of hydrogen-bond donors (Lipinski definition) is 1. The van der Waals surface area contributed by atoms with Gasteiger partial charge >= 0.3 is 0 Å². The molecule has 1 heterocycles. The summed E-state index contributed by atoms with van der Waals surface area (Å²) < 4.78 is 8.40. The van der Waals surface area contributed by atoms with E-state index in [0.29, 0.717) is 0 Å². The number of ether oxygens (including phenoxy) is 1. The summed E-state index contributed by atoms with van der Waals surface area (Å²) in [7, 11) is 1.70. The Morgan fingerprint density at radius 2 is 2.16 bits per heavy atom. The van der Waals surface area contributed by atoms with Crippen LogP contribution in [-0.2, 0) is 6.54 Å². The fourth-order valence-electron chi connectivity index (χ4n) is 3.16. The molecule has 19 heavy (non-hydrogen) atoms. The number of imidazole rings is 1. The maximum Gasteiger partial charge on any atom is 0.178 e. The van der Waals surface area contributed by atoms with E-state index in [9.17, 15) is 0 Å². The largest absolute Gasteiger partial charge is 0.494 e. The Balaban J connectivity index is 1.90. The van der Waals surface area contributed by atoms with Gasteiger partial charge in [-0.25, -0.2) is 0 Å². The number of rotatable bonds is 4. The normalized spacial score (nSPS) is 16.3. The average Bonchev–Trinajstić information content (AvgIpc) is 3.03. The SMILES string of the molecule is COc1cccc2c1[nH]c(=S)n2CCC1CCCC1. The Bertz CT molecular complexity index is 623. The van der Waals surface area contributed by atoms with Crippen LogP contribution in [0.25, 0.3) is 11.0 Å². The van der Waals surface area contributed by atoms with Crippen molar-refractivity contribution in [3.63, 3.8) is 0 Å². The number of H-pyrrole nitrogens is 1. The molecule has 0 atom stereocenters. The van der Waals surface area contributed by atoms with Crippen molar-refractivity contribution >= 4 is 23.3 Å². The number of nitrogens with zero attached hydrogens (tertiary/aromatic N) is 1. The van der Waals surface area contributed by atoms with E-state index < -0.39 is 0 Å². The van der Waals surface area contributed by atoms with Gasteiger partial charge in [0, 0.05) is 6.54 Å². The van der Waals surface area contributed by atoms with Gasteiger partial charge in [-0.05, 0) is 36.7 Å². The summed E-state index contributed by atoms with van der Waals surface area (Å²) in [6.07, 6.45) is 6.81. The highest BCUT2D eigenvalue weighted by molar-refractivity contribution is 7.71. The van der Waals surface area contributed by atoms with E-state index in [1.807, 2.05) is 12.1 Å². The molecular formula is C15H20N2OS. The number of nitrogens with one attached hydrogen (secondary N) is 1. The molecule has 3 rings (SSSR count). The number of aromatic amines is 1. The smallest absolute Gasteiger partial charge is 0.178 e. The van der Waals surface area contributed by atoms with Crippen LogP contribution < -0.4 is 4.74 Å². The van der Waals surface area contributed by atoms with E-state index in [4.69, 9.17) is 17.0 Å². The summed E-state index contributed by atoms with van der Waals surface area (Å²) >= 11 is 5.45. The second kappa shape index (κ2) is 5.37. The Labute approximate surface area is 118 Å². The minimum Gasteiger partial charge on any atom is -0.494 e. The number of fused-ring (bicyclic) bond motifs is 1. The van der Waals surface area contributed by atoms with Gasteiger partial charge in [0.25, 0.3) is 0 Å². The van der Waals surface area contributed by atoms with Crippen LogP contribution in [0, 0.1) is 10.7 Å². The molecule has 1 aromatic heterocycles. The number of aromatic nitrogens is 2. The average molecular weight is 276 g/mol. The molecule has 4 heteroatoms. The maximum atomic E-state index is 5.45. The van der Waals surface area contributed by atoms with Crippen LogP contribution in [0.2, 0.25) is 0 Å². The van der Waals surface area contributed by atoms with Crippen molar-refractivity contribution in [1.82, 2.24) is 9.55 Å². The topological polar surface area (TPSA) is 29.9 Å². The van der Waals surface area contributed by atoms with Gasteiger partial charge in [0.1, 0.15) is 11.3 Å². The number of para-hydroxylation sites is 1. The Kier molecular flexibility index (Phi) is 3.60. The molecule has 0 bridgehead atoms. The summed E-state index contributed by atoms with van der Waals surface area (Å²) in [5.74, 6) is 1.75.